The molecule has 4 nitrogen and oxygen atoms in total. The lowest BCUT2D eigenvalue weighted by molar-refractivity contribution is -0.117. The summed E-state index contributed by atoms with van der Waals surface area (Å²) in [6, 6.07) is -0.428. The number of hydrogen-bond donors (Lipinski definition) is 2. The second-order valence-corrected chi connectivity index (χ2v) is 4.62. The van der Waals surface area contributed by atoms with Crippen LogP contribution in [-0.4, -0.2) is 17.5 Å². The molecule has 0 aliphatic heterocycles. The molecule has 0 aromatic rings. The molecule has 14 heavy (non-hydrogen) atoms. The van der Waals surface area contributed by atoms with E-state index in [2.05, 4.69) is 24.5 Å². The molecule has 82 valence electrons. The molecule has 0 aromatic heterocycles. The molecule has 0 heterocycles. The summed E-state index contributed by atoms with van der Waals surface area (Å²) >= 11 is 0. The smallest absolute Gasteiger partial charge is 0.321 e. The summed E-state index contributed by atoms with van der Waals surface area (Å²) in [7, 11) is 0. The van der Waals surface area contributed by atoms with Crippen molar-refractivity contribution >= 4 is 11.9 Å². The van der Waals surface area contributed by atoms with Crippen LogP contribution in [0.3, 0.4) is 0 Å². The van der Waals surface area contributed by atoms with E-state index in [1.807, 2.05) is 13.8 Å². The van der Waals surface area contributed by atoms with Crippen LogP contribution < -0.4 is 10.6 Å². The largest absolute Gasteiger partial charge is 0.333 e. The first-order valence-electron chi connectivity index (χ1n) is 4.82. The van der Waals surface area contributed by atoms with Gasteiger partial charge in [0.05, 0.1) is 0 Å². The summed E-state index contributed by atoms with van der Waals surface area (Å²) in [5.74, 6) is 0.158. The van der Waals surface area contributed by atoms with Gasteiger partial charge in [-0.1, -0.05) is 13.8 Å². The van der Waals surface area contributed by atoms with E-state index in [1.54, 1.807) is 0 Å². The minimum absolute atomic E-state index is 0.284. The fourth-order valence-corrected chi connectivity index (χ4v) is 1.57. The van der Waals surface area contributed by atoms with Crippen molar-refractivity contribution in [1.29, 1.82) is 0 Å². The molecule has 0 aromatic carbocycles. The molecule has 0 unspecified atom stereocenters. The van der Waals surface area contributed by atoms with Gasteiger partial charge in [-0.3, -0.25) is 10.1 Å². The van der Waals surface area contributed by atoms with Crippen LogP contribution in [0.4, 0.5) is 4.79 Å². The summed E-state index contributed by atoms with van der Waals surface area (Å²) in [4.78, 5) is 21.8. The highest BCUT2D eigenvalue weighted by Gasteiger charge is 2.21. The van der Waals surface area contributed by atoms with Gasteiger partial charge in [-0.05, 0) is 26.2 Å². The molecule has 0 spiro atoms. The molecule has 0 rings (SSSR count). The molecule has 0 bridgehead atoms. The maximum absolute atomic E-state index is 11.2. The molecule has 0 aliphatic carbocycles. The van der Waals surface area contributed by atoms with Gasteiger partial charge in [0.1, 0.15) is 0 Å². The van der Waals surface area contributed by atoms with Crippen molar-refractivity contribution < 1.29 is 9.59 Å². The van der Waals surface area contributed by atoms with Crippen LogP contribution >= 0.6 is 0 Å². The fraction of sp³-hybridized carbons (Fsp3) is 0.800. The maximum Gasteiger partial charge on any atom is 0.321 e. The van der Waals surface area contributed by atoms with Crippen molar-refractivity contribution in [2.24, 2.45) is 5.92 Å². The minimum atomic E-state index is -0.428. The Balaban J connectivity index is 4.08. The van der Waals surface area contributed by atoms with Crippen molar-refractivity contribution in [3.8, 4) is 0 Å². The Bertz CT molecular complexity index is 222. The van der Waals surface area contributed by atoms with Crippen LogP contribution in [-0.2, 0) is 4.79 Å². The molecule has 3 amide bonds. The van der Waals surface area contributed by atoms with Crippen LogP contribution in [0.2, 0.25) is 0 Å². The Morgan fingerprint density at radius 1 is 1.29 bits per heavy atom. The molecule has 0 aliphatic rings. The highest BCUT2D eigenvalue weighted by molar-refractivity contribution is 5.93. The van der Waals surface area contributed by atoms with E-state index in [1.165, 1.54) is 6.92 Å². The number of carbonyl (C=O) groups excluding carboxylic acids is 2. The summed E-state index contributed by atoms with van der Waals surface area (Å²) in [6.45, 7) is 9.37. The molecule has 4 heteroatoms. The quantitative estimate of drug-likeness (QED) is 0.728. The molecule has 0 saturated carbocycles. The second-order valence-electron chi connectivity index (χ2n) is 4.62. The van der Waals surface area contributed by atoms with E-state index in [0.29, 0.717) is 5.92 Å². The van der Waals surface area contributed by atoms with E-state index < -0.39 is 6.03 Å². The van der Waals surface area contributed by atoms with Crippen molar-refractivity contribution in [2.75, 3.05) is 0 Å². The van der Waals surface area contributed by atoms with Gasteiger partial charge in [-0.15, -0.1) is 0 Å². The predicted molar refractivity (Wildman–Crippen MR) is 55.9 cm³/mol. The SMILES string of the molecule is CC(=O)NC(=O)NC(C)(C)CC(C)C. The summed E-state index contributed by atoms with van der Waals surface area (Å²) in [5, 5.41) is 4.93. The van der Waals surface area contributed by atoms with Gasteiger partial charge in [-0.2, -0.15) is 0 Å². The third-order valence-electron chi connectivity index (χ3n) is 1.66. The van der Waals surface area contributed by atoms with E-state index >= 15 is 0 Å². The van der Waals surface area contributed by atoms with Crippen molar-refractivity contribution in [3.63, 3.8) is 0 Å². The first-order chi connectivity index (χ1) is 6.23. The van der Waals surface area contributed by atoms with Gasteiger partial charge in [0.15, 0.2) is 0 Å². The Morgan fingerprint density at radius 3 is 2.14 bits per heavy atom. The lowest BCUT2D eigenvalue weighted by Gasteiger charge is -2.27. The molecular weight excluding hydrogens is 180 g/mol. The van der Waals surface area contributed by atoms with E-state index in [0.717, 1.165) is 6.42 Å². The topological polar surface area (TPSA) is 58.2 Å². The molecule has 0 radical (unpaired) electrons. The molecule has 2 N–H and O–H groups in total. The number of rotatable bonds is 3. The minimum Gasteiger partial charge on any atom is -0.333 e. The van der Waals surface area contributed by atoms with E-state index in [4.69, 9.17) is 0 Å². The Kier molecular flexibility index (Phi) is 4.60. The lowest BCUT2D eigenvalue weighted by Crippen LogP contribution is -2.50. The zero-order valence-corrected chi connectivity index (χ0v) is 9.60. The zero-order valence-electron chi connectivity index (χ0n) is 9.60. The lowest BCUT2D eigenvalue weighted by atomic mass is 9.93. The van der Waals surface area contributed by atoms with Gasteiger partial charge in [0.2, 0.25) is 5.91 Å². The average Bonchev–Trinajstić information content (AvgIpc) is 1.77. The molecule has 0 fully saturated rings. The highest BCUT2D eigenvalue weighted by Crippen LogP contribution is 2.14. The Morgan fingerprint density at radius 2 is 1.79 bits per heavy atom. The second kappa shape index (κ2) is 4.98. The number of urea groups is 1. The third-order valence-corrected chi connectivity index (χ3v) is 1.66. The normalized spacial score (nSPS) is 11.3. The van der Waals surface area contributed by atoms with Crippen molar-refractivity contribution in [2.45, 2.75) is 46.6 Å². The standard InChI is InChI=1S/C10H20N2O2/c1-7(2)6-10(4,5)12-9(14)11-8(3)13/h7H,6H2,1-5H3,(H2,11,12,13,14). The number of imide groups is 1. The fourth-order valence-electron chi connectivity index (χ4n) is 1.57. The van der Waals surface area contributed by atoms with Gasteiger partial charge < -0.3 is 5.32 Å². The summed E-state index contributed by atoms with van der Waals surface area (Å²) in [5.41, 5.74) is -0.284. The highest BCUT2D eigenvalue weighted by atomic mass is 16.2. The van der Waals surface area contributed by atoms with Crippen LogP contribution in [0.5, 0.6) is 0 Å². The van der Waals surface area contributed by atoms with Gasteiger partial charge >= 0.3 is 6.03 Å². The maximum atomic E-state index is 11.2. The monoisotopic (exact) mass is 200 g/mol. The number of nitrogens with one attached hydrogen (secondary N) is 2. The van der Waals surface area contributed by atoms with E-state index in [9.17, 15) is 9.59 Å². The number of hydrogen-bond acceptors (Lipinski definition) is 2. The van der Waals surface area contributed by atoms with Gasteiger partial charge in [0.25, 0.3) is 0 Å². The first-order valence-corrected chi connectivity index (χ1v) is 4.82. The Hall–Kier alpha value is -1.06. The van der Waals surface area contributed by atoms with Crippen molar-refractivity contribution in [1.82, 2.24) is 10.6 Å². The average molecular weight is 200 g/mol. The van der Waals surface area contributed by atoms with Crippen molar-refractivity contribution in [3.05, 3.63) is 0 Å². The number of carbonyl (C=O) groups is 2. The zero-order chi connectivity index (χ0) is 11.4. The Labute approximate surface area is 85.4 Å². The van der Waals surface area contributed by atoms with Crippen LogP contribution in [0, 0.1) is 5.92 Å². The van der Waals surface area contributed by atoms with E-state index in [-0.39, 0.29) is 11.4 Å². The predicted octanol–water partition coefficient (Wildman–Crippen LogP) is 1.66. The molecule has 0 atom stereocenters. The molecular formula is C10H20N2O2. The van der Waals surface area contributed by atoms with Gasteiger partial charge in [0, 0.05) is 12.5 Å². The number of amides is 3. The summed E-state index contributed by atoms with van der Waals surface area (Å²) in [6.07, 6.45) is 0.873. The van der Waals surface area contributed by atoms with Crippen LogP contribution in [0.15, 0.2) is 0 Å². The molecule has 0 saturated heterocycles. The summed E-state index contributed by atoms with van der Waals surface area (Å²) < 4.78 is 0. The first kappa shape index (κ1) is 12.9. The third kappa shape index (κ3) is 6.46. The van der Waals surface area contributed by atoms with Crippen LogP contribution in [0.25, 0.3) is 0 Å². The van der Waals surface area contributed by atoms with Gasteiger partial charge in [-0.25, -0.2) is 4.79 Å². The van der Waals surface area contributed by atoms with Crippen LogP contribution in [0.1, 0.15) is 41.0 Å².